The van der Waals surface area contributed by atoms with Crippen LogP contribution in [0.1, 0.15) is 40.5 Å². The summed E-state index contributed by atoms with van der Waals surface area (Å²) in [5.41, 5.74) is -0.320. The number of ether oxygens (including phenoxy) is 1. The summed E-state index contributed by atoms with van der Waals surface area (Å²) in [6.45, 7) is 16.8. The lowest BCUT2D eigenvalue weighted by molar-refractivity contribution is -0.160. The van der Waals surface area contributed by atoms with Crippen LogP contribution in [0.4, 0.5) is 4.79 Å². The van der Waals surface area contributed by atoms with Crippen molar-refractivity contribution < 1.29 is 23.5 Å². The number of amides is 2. The molecule has 0 aromatic carbocycles. The molecule has 0 aliphatic carbocycles. The second-order valence-electron chi connectivity index (χ2n) is 9.55. The lowest BCUT2D eigenvalue weighted by Crippen LogP contribution is -2.70. The Morgan fingerprint density at radius 3 is 2.53 bits per heavy atom. The monoisotopic (exact) mass is 436 g/mol. The molecule has 0 unspecified atom stereocenters. The molecule has 0 saturated carbocycles. The largest absolute Gasteiger partial charge is 0.445 e. The fourth-order valence-corrected chi connectivity index (χ4v) is 5.58. The van der Waals surface area contributed by atoms with E-state index in [2.05, 4.69) is 45.8 Å². The SMILES string of the molecule is C=CCOC(=O)N1CCC=C(C(=O)C[C@H]2NC(=O)[C@@H]2[C@@](C)(O[SiH](C)C)C(C)(C)C)C1. The van der Waals surface area contributed by atoms with Crippen LogP contribution in [-0.4, -0.2) is 63.1 Å². The summed E-state index contributed by atoms with van der Waals surface area (Å²) >= 11 is 0. The van der Waals surface area contributed by atoms with Crippen LogP contribution in [0.2, 0.25) is 13.1 Å². The zero-order chi connectivity index (χ0) is 22.7. The molecule has 2 aliphatic heterocycles. The molecule has 2 amide bonds. The quantitative estimate of drug-likeness (QED) is 0.359. The van der Waals surface area contributed by atoms with Crippen molar-refractivity contribution >= 4 is 26.8 Å². The minimum absolute atomic E-state index is 0.0516. The fourth-order valence-electron chi connectivity index (χ4n) is 4.11. The number of hydrogen-bond acceptors (Lipinski definition) is 5. The first-order chi connectivity index (χ1) is 13.9. The predicted octanol–water partition coefficient (Wildman–Crippen LogP) is 2.82. The van der Waals surface area contributed by atoms with E-state index in [4.69, 9.17) is 9.16 Å². The lowest BCUT2D eigenvalue weighted by Gasteiger charge is -2.54. The Hall–Kier alpha value is -1.93. The number of rotatable bonds is 8. The molecule has 0 bridgehead atoms. The van der Waals surface area contributed by atoms with Crippen LogP contribution in [0.25, 0.3) is 0 Å². The molecule has 1 saturated heterocycles. The number of carbonyl (C=O) groups excluding carboxylic acids is 3. The highest BCUT2D eigenvalue weighted by atomic mass is 28.3. The average Bonchev–Trinajstić information content (AvgIpc) is 2.63. The number of ketones is 1. The second kappa shape index (κ2) is 9.47. The number of β-lactam (4-membered cyclic amide) rings is 1. The molecule has 0 radical (unpaired) electrons. The van der Waals surface area contributed by atoms with Crippen molar-refractivity contribution in [3.8, 4) is 0 Å². The van der Waals surface area contributed by atoms with Gasteiger partial charge in [-0.05, 0) is 31.9 Å². The minimum atomic E-state index is -1.42. The van der Waals surface area contributed by atoms with Gasteiger partial charge >= 0.3 is 6.09 Å². The van der Waals surface area contributed by atoms with Crippen LogP contribution in [0.5, 0.6) is 0 Å². The van der Waals surface area contributed by atoms with Gasteiger partial charge in [-0.15, -0.1) is 0 Å². The third-order valence-corrected chi connectivity index (χ3v) is 7.03. The first-order valence-electron chi connectivity index (χ1n) is 10.6. The molecule has 2 rings (SSSR count). The Morgan fingerprint density at radius 1 is 1.33 bits per heavy atom. The van der Waals surface area contributed by atoms with E-state index in [-0.39, 0.29) is 48.6 Å². The van der Waals surface area contributed by atoms with Crippen LogP contribution < -0.4 is 5.32 Å². The van der Waals surface area contributed by atoms with E-state index in [0.29, 0.717) is 18.5 Å². The molecule has 168 valence electrons. The Balaban J connectivity index is 2.09. The molecule has 2 heterocycles. The first-order valence-corrected chi connectivity index (χ1v) is 13.4. The molecule has 2 aliphatic rings. The maximum atomic E-state index is 13.0. The topological polar surface area (TPSA) is 84.9 Å². The zero-order valence-electron chi connectivity index (χ0n) is 19.1. The summed E-state index contributed by atoms with van der Waals surface area (Å²) < 4.78 is 11.5. The molecule has 7 nitrogen and oxygen atoms in total. The van der Waals surface area contributed by atoms with Gasteiger partial charge in [0.25, 0.3) is 0 Å². The van der Waals surface area contributed by atoms with Crippen LogP contribution in [0.3, 0.4) is 0 Å². The van der Waals surface area contributed by atoms with Crippen molar-refractivity contribution in [1.29, 1.82) is 0 Å². The normalized spacial score (nSPS) is 23.8. The first kappa shape index (κ1) is 24.3. The van der Waals surface area contributed by atoms with Gasteiger partial charge in [-0.25, -0.2) is 4.79 Å². The fraction of sp³-hybridized carbons (Fsp3) is 0.682. The molecule has 0 aromatic rings. The Kier molecular flexibility index (Phi) is 7.68. The molecule has 30 heavy (non-hydrogen) atoms. The number of carbonyl (C=O) groups is 3. The van der Waals surface area contributed by atoms with Gasteiger partial charge in [0.2, 0.25) is 5.91 Å². The molecule has 0 aromatic heterocycles. The van der Waals surface area contributed by atoms with E-state index in [0.717, 1.165) is 0 Å². The predicted molar refractivity (Wildman–Crippen MR) is 119 cm³/mol. The summed E-state index contributed by atoms with van der Waals surface area (Å²) in [6.07, 6.45) is 3.75. The van der Waals surface area contributed by atoms with Gasteiger partial charge in [0.1, 0.15) is 6.61 Å². The van der Waals surface area contributed by atoms with Gasteiger partial charge < -0.3 is 19.4 Å². The number of hydrogen-bond donors (Lipinski definition) is 1. The van der Waals surface area contributed by atoms with Crippen molar-refractivity contribution in [3.05, 3.63) is 24.3 Å². The lowest BCUT2D eigenvalue weighted by atomic mass is 9.63. The minimum Gasteiger partial charge on any atom is -0.445 e. The van der Waals surface area contributed by atoms with Crippen LogP contribution in [0.15, 0.2) is 24.3 Å². The third-order valence-electron chi connectivity index (χ3n) is 6.07. The second-order valence-corrected chi connectivity index (χ2v) is 11.9. The highest BCUT2D eigenvalue weighted by Gasteiger charge is 2.57. The van der Waals surface area contributed by atoms with Crippen molar-refractivity contribution in [2.45, 2.75) is 65.3 Å². The standard InChI is InChI=1S/C22H36N2O5Si/c1-8-12-28-20(27)24-11-9-10-15(14-24)17(25)13-16-18(19(26)23-16)22(5,21(2,3)4)29-30(6)7/h8,10,16,18,30H,1,9,11-14H2,2-7H3,(H,23,26)/t16-,18-,22-/m1/s1. The van der Waals surface area contributed by atoms with Crippen molar-refractivity contribution in [2.24, 2.45) is 11.3 Å². The number of nitrogens with zero attached hydrogens (tertiary/aromatic N) is 1. The highest BCUT2D eigenvalue weighted by Crippen LogP contribution is 2.45. The van der Waals surface area contributed by atoms with E-state index >= 15 is 0 Å². The molecule has 1 N–H and O–H groups in total. The Labute approximate surface area is 181 Å². The maximum Gasteiger partial charge on any atom is 0.410 e. The Morgan fingerprint density at radius 2 is 2.00 bits per heavy atom. The van der Waals surface area contributed by atoms with E-state index in [1.54, 1.807) is 0 Å². The van der Waals surface area contributed by atoms with Crippen molar-refractivity contribution in [1.82, 2.24) is 10.2 Å². The Bertz CT molecular complexity index is 728. The number of nitrogens with one attached hydrogen (secondary N) is 1. The highest BCUT2D eigenvalue weighted by molar-refractivity contribution is 6.48. The molecule has 3 atom stereocenters. The molecule has 8 heteroatoms. The molecular formula is C22H36N2O5Si. The average molecular weight is 437 g/mol. The maximum absolute atomic E-state index is 13.0. The van der Waals surface area contributed by atoms with Crippen molar-refractivity contribution in [2.75, 3.05) is 19.7 Å². The molecular weight excluding hydrogens is 400 g/mol. The van der Waals surface area contributed by atoms with E-state index in [1.807, 2.05) is 13.0 Å². The van der Waals surface area contributed by atoms with Gasteiger partial charge in [-0.1, -0.05) is 39.5 Å². The smallest absolute Gasteiger partial charge is 0.410 e. The number of Topliss-reactive ketones (excluding diaryl/α,β-unsaturated/α-hetero) is 1. The van der Waals surface area contributed by atoms with Crippen molar-refractivity contribution in [3.63, 3.8) is 0 Å². The van der Waals surface area contributed by atoms with Gasteiger partial charge in [-0.3, -0.25) is 9.59 Å². The van der Waals surface area contributed by atoms with Crippen LogP contribution >= 0.6 is 0 Å². The van der Waals surface area contributed by atoms with Gasteiger partial charge in [-0.2, -0.15) is 0 Å². The van der Waals surface area contributed by atoms with E-state index in [1.165, 1.54) is 11.0 Å². The summed E-state index contributed by atoms with van der Waals surface area (Å²) in [7, 11) is -1.42. The van der Waals surface area contributed by atoms with E-state index < -0.39 is 20.7 Å². The van der Waals surface area contributed by atoms with Crippen LogP contribution in [-0.2, 0) is 18.8 Å². The third kappa shape index (κ3) is 5.21. The van der Waals surface area contributed by atoms with E-state index in [9.17, 15) is 14.4 Å². The molecule has 0 spiro atoms. The summed E-state index contributed by atoms with van der Waals surface area (Å²) in [4.78, 5) is 39.2. The zero-order valence-corrected chi connectivity index (χ0v) is 20.3. The summed E-state index contributed by atoms with van der Waals surface area (Å²) in [5.74, 6) is -0.495. The van der Waals surface area contributed by atoms with Gasteiger partial charge in [0.05, 0.1) is 24.1 Å². The van der Waals surface area contributed by atoms with Gasteiger partial charge in [0, 0.05) is 18.5 Å². The van der Waals surface area contributed by atoms with Crippen LogP contribution in [0, 0.1) is 11.3 Å². The summed E-state index contributed by atoms with van der Waals surface area (Å²) in [6, 6.07) is -0.272. The molecule has 1 fully saturated rings. The summed E-state index contributed by atoms with van der Waals surface area (Å²) in [5, 5.41) is 2.91. The van der Waals surface area contributed by atoms with Gasteiger partial charge in [0.15, 0.2) is 14.8 Å².